The van der Waals surface area contributed by atoms with Gasteiger partial charge >= 0.3 is 23.9 Å². The predicted molar refractivity (Wildman–Crippen MR) is 301 cm³/mol. The lowest BCUT2D eigenvalue weighted by atomic mass is 9.87. The molecule has 2 fully saturated rings. The van der Waals surface area contributed by atoms with Crippen LogP contribution in [-0.4, -0.2) is 95.4 Å². The highest BCUT2D eigenvalue weighted by Crippen LogP contribution is 2.31. The number of carbonyl (C=O) groups is 8. The van der Waals surface area contributed by atoms with Gasteiger partial charge in [-0.05, 0) is 138 Å². The number of amides is 2. The number of aryl methyl sites for hydroxylation is 4. The van der Waals surface area contributed by atoms with Crippen molar-refractivity contribution in [3.05, 3.63) is 179 Å². The first-order valence-corrected chi connectivity index (χ1v) is 28.2. The van der Waals surface area contributed by atoms with Crippen LogP contribution in [0.2, 0.25) is 0 Å². The minimum atomic E-state index is -1.36. The van der Waals surface area contributed by atoms with E-state index >= 15 is 0 Å². The van der Waals surface area contributed by atoms with Crippen molar-refractivity contribution in [1.29, 1.82) is 0 Å². The molecule has 5 aromatic carbocycles. The second-order valence-corrected chi connectivity index (χ2v) is 22.3. The summed E-state index contributed by atoms with van der Waals surface area (Å²) in [5.41, 5.74) is 2.85. The van der Waals surface area contributed by atoms with E-state index in [1.165, 1.54) is 9.80 Å². The predicted octanol–water partition coefficient (Wildman–Crippen LogP) is 10.4. The van der Waals surface area contributed by atoms with E-state index in [4.69, 9.17) is 18.9 Å². The van der Waals surface area contributed by atoms with Crippen LogP contribution in [0.15, 0.2) is 146 Å². The monoisotopic (exact) mass is 1090 g/mol. The number of piperidine rings is 2. The van der Waals surface area contributed by atoms with Gasteiger partial charge in [-0.3, -0.25) is 28.8 Å². The summed E-state index contributed by atoms with van der Waals surface area (Å²) in [5.74, 6) is -5.33. The molecule has 2 aliphatic rings. The molecule has 14 heteroatoms. The van der Waals surface area contributed by atoms with Gasteiger partial charge in [-0.25, -0.2) is 9.59 Å². The molecule has 2 aliphatic heterocycles. The van der Waals surface area contributed by atoms with Crippen molar-refractivity contribution in [1.82, 2.24) is 9.80 Å². The third-order valence-corrected chi connectivity index (χ3v) is 15.1. The molecule has 80 heavy (non-hydrogen) atoms. The number of esters is 4. The summed E-state index contributed by atoms with van der Waals surface area (Å²) in [7, 11) is 0. The summed E-state index contributed by atoms with van der Waals surface area (Å²) in [5, 5.41) is 0. The zero-order valence-electron chi connectivity index (χ0n) is 46.7. The summed E-state index contributed by atoms with van der Waals surface area (Å²) in [6.07, 6.45) is 5.43. The van der Waals surface area contributed by atoms with Crippen LogP contribution in [0, 0.1) is 10.8 Å². The number of likely N-dealkylation sites (tertiary alicyclic amines) is 2. The molecule has 2 saturated heterocycles. The number of nitrogens with zero attached hydrogens (tertiary/aromatic N) is 2. The number of rotatable bonds is 26. The van der Waals surface area contributed by atoms with Crippen molar-refractivity contribution in [3.63, 3.8) is 0 Å². The Kier molecular flexibility index (Phi) is 21.7. The number of ether oxygens (including phenoxy) is 4. The average molecular weight is 1090 g/mol. The van der Waals surface area contributed by atoms with Crippen LogP contribution in [0.5, 0.6) is 0 Å². The number of hydrogen-bond acceptors (Lipinski definition) is 12. The van der Waals surface area contributed by atoms with Crippen LogP contribution >= 0.6 is 0 Å². The van der Waals surface area contributed by atoms with Crippen molar-refractivity contribution in [3.8, 4) is 0 Å². The SMILES string of the molecule is CC(C)(COC(=O)CCc1ccc(CCC(=O)OCC(C)(C)C(=O)C(=O)N2CCCC[C@H]2C(=O)OC(CCc2ccccc2)c2ccccc2)cc1)C(=O)C(=O)N1CCCC[C@H]1C(=O)OC(CCc1ccccc1)c1ccccc1. The summed E-state index contributed by atoms with van der Waals surface area (Å²) in [6, 6.07) is 44.4. The Morgan fingerprint density at radius 3 is 1.11 bits per heavy atom. The van der Waals surface area contributed by atoms with E-state index in [0.29, 0.717) is 77.0 Å². The van der Waals surface area contributed by atoms with E-state index in [9.17, 15) is 38.4 Å². The molecular formula is C66H76N2O12. The molecule has 0 N–H and O–H groups in total. The molecule has 2 amide bonds. The van der Waals surface area contributed by atoms with E-state index in [1.54, 1.807) is 27.7 Å². The van der Waals surface area contributed by atoms with E-state index in [0.717, 1.165) is 33.4 Å². The molecular weight excluding hydrogens is 1010 g/mol. The summed E-state index contributed by atoms with van der Waals surface area (Å²) in [6.45, 7) is 5.99. The lowest BCUT2D eigenvalue weighted by Crippen LogP contribution is -2.53. The fourth-order valence-corrected chi connectivity index (χ4v) is 10.1. The maximum atomic E-state index is 13.8. The molecule has 5 aromatic rings. The van der Waals surface area contributed by atoms with E-state index in [1.807, 2.05) is 146 Å². The van der Waals surface area contributed by atoms with Crippen molar-refractivity contribution in [2.24, 2.45) is 10.8 Å². The first kappa shape index (κ1) is 59.9. The second kappa shape index (κ2) is 28.9. The third kappa shape index (κ3) is 17.1. The fourth-order valence-electron chi connectivity index (χ4n) is 10.1. The summed E-state index contributed by atoms with van der Waals surface area (Å²) < 4.78 is 23.4. The van der Waals surface area contributed by atoms with E-state index in [-0.39, 0.29) is 39.1 Å². The van der Waals surface area contributed by atoms with Gasteiger partial charge in [0.05, 0.1) is 10.8 Å². The van der Waals surface area contributed by atoms with Crippen LogP contribution < -0.4 is 0 Å². The molecule has 422 valence electrons. The van der Waals surface area contributed by atoms with Gasteiger partial charge in [0.25, 0.3) is 11.8 Å². The number of ketones is 2. The largest absolute Gasteiger partial charge is 0.465 e. The van der Waals surface area contributed by atoms with E-state index in [2.05, 4.69) is 0 Å². The molecule has 2 unspecified atom stereocenters. The topological polar surface area (TPSA) is 180 Å². The third-order valence-electron chi connectivity index (χ3n) is 15.1. The van der Waals surface area contributed by atoms with Gasteiger partial charge in [-0.1, -0.05) is 146 Å². The first-order chi connectivity index (χ1) is 38.5. The first-order valence-electron chi connectivity index (χ1n) is 28.2. The normalized spacial score (nSPS) is 16.4. The van der Waals surface area contributed by atoms with Crippen molar-refractivity contribution in [2.75, 3.05) is 26.3 Å². The lowest BCUT2D eigenvalue weighted by molar-refractivity contribution is -0.166. The number of carbonyl (C=O) groups excluding carboxylic acids is 8. The van der Waals surface area contributed by atoms with Crippen molar-refractivity contribution >= 4 is 47.3 Å². The molecule has 0 saturated carbocycles. The van der Waals surface area contributed by atoms with Crippen LogP contribution in [-0.2, 0) is 83.0 Å². The van der Waals surface area contributed by atoms with Gasteiger partial charge in [0.1, 0.15) is 37.5 Å². The Morgan fingerprint density at radius 1 is 0.438 bits per heavy atom. The summed E-state index contributed by atoms with van der Waals surface area (Å²) in [4.78, 5) is 112. The van der Waals surface area contributed by atoms with Crippen LogP contribution in [0.3, 0.4) is 0 Å². The fraction of sp³-hybridized carbons (Fsp3) is 0.424. The van der Waals surface area contributed by atoms with Crippen molar-refractivity contribution < 1.29 is 57.3 Å². The molecule has 4 atom stereocenters. The Hall–Kier alpha value is -7.74. The number of Topliss-reactive ketones (excluding diaryl/α,β-unsaturated/α-hetero) is 2. The molecule has 14 nitrogen and oxygen atoms in total. The van der Waals surface area contributed by atoms with Gasteiger partial charge in [-0.2, -0.15) is 0 Å². The van der Waals surface area contributed by atoms with E-state index < -0.39 is 82.4 Å². The zero-order valence-corrected chi connectivity index (χ0v) is 46.7. The Labute approximate surface area is 470 Å². The smallest absolute Gasteiger partial charge is 0.329 e. The van der Waals surface area contributed by atoms with Gasteiger partial charge in [0.15, 0.2) is 0 Å². The maximum Gasteiger partial charge on any atom is 0.329 e. The highest BCUT2D eigenvalue weighted by molar-refractivity contribution is 6.39. The van der Waals surface area contributed by atoms with Crippen LogP contribution in [0.1, 0.15) is 137 Å². The molecule has 0 bridgehead atoms. The lowest BCUT2D eigenvalue weighted by Gasteiger charge is -2.36. The Balaban J connectivity index is 0.826. The zero-order chi connectivity index (χ0) is 57.1. The standard InChI is InChI=1S/C66H76N2O12/c1-65(2,59(71)61(73)67-43-19-17-29-53(67)63(75)79-55(51-25-13-7-14-26-51)39-35-47-21-9-5-10-22-47)45-77-57(69)41-37-49-31-33-50(34-32-49)38-42-58(70)78-46-66(3,4)60(72)62(74)68-44-20-18-30-54(68)64(76)80-56(52-27-15-8-16-28-52)40-36-48-23-11-6-12-24-48/h5-16,21-28,31-34,53-56H,17-20,29-30,35-46H2,1-4H3/t53-,54-,55?,56?/m0/s1. The molecule has 0 radical (unpaired) electrons. The quantitative estimate of drug-likeness (QED) is 0.0291. The van der Waals surface area contributed by atoms with Crippen molar-refractivity contribution in [2.45, 2.75) is 142 Å². The molecule has 0 aromatic heterocycles. The molecule has 2 heterocycles. The highest BCUT2D eigenvalue weighted by Gasteiger charge is 2.44. The second-order valence-electron chi connectivity index (χ2n) is 22.3. The number of benzene rings is 5. The minimum Gasteiger partial charge on any atom is -0.465 e. The van der Waals surface area contributed by atoms with Gasteiger partial charge < -0.3 is 28.7 Å². The van der Waals surface area contributed by atoms with Gasteiger partial charge in [0.2, 0.25) is 11.6 Å². The molecule has 7 rings (SSSR count). The van der Waals surface area contributed by atoms with Crippen LogP contribution in [0.4, 0.5) is 0 Å². The minimum absolute atomic E-state index is 0.0141. The Morgan fingerprint density at radius 2 is 0.762 bits per heavy atom. The maximum absolute atomic E-state index is 13.8. The average Bonchev–Trinajstić information content (AvgIpc) is 3.50. The highest BCUT2D eigenvalue weighted by atomic mass is 16.6. The number of hydrogen-bond donors (Lipinski definition) is 0. The van der Waals surface area contributed by atoms with Crippen LogP contribution in [0.25, 0.3) is 0 Å². The molecule has 0 spiro atoms. The van der Waals surface area contributed by atoms with Gasteiger partial charge in [-0.15, -0.1) is 0 Å². The van der Waals surface area contributed by atoms with Gasteiger partial charge in [0, 0.05) is 25.9 Å². The summed E-state index contributed by atoms with van der Waals surface area (Å²) >= 11 is 0. The molecule has 0 aliphatic carbocycles. The Bertz CT molecular complexity index is 2680.